The van der Waals surface area contributed by atoms with E-state index < -0.39 is 5.60 Å². The van der Waals surface area contributed by atoms with Gasteiger partial charge in [-0.1, -0.05) is 55.5 Å². The first-order valence-electron chi connectivity index (χ1n) is 11.4. The molecular weight excluding hydrogens is 370 g/mol. The zero-order valence-corrected chi connectivity index (χ0v) is 19.1. The second kappa shape index (κ2) is 10.1. The molecule has 2 unspecified atom stereocenters. The first-order chi connectivity index (χ1) is 14.3. The minimum Gasteiger partial charge on any atom is -0.460 e. The first-order valence-corrected chi connectivity index (χ1v) is 11.4. The fraction of sp³-hybridized carbons (Fsp3) is 0.519. The summed E-state index contributed by atoms with van der Waals surface area (Å²) in [5, 5.41) is 0. The standard InChI is InChI=1S/C27H37NO2/c1-21-10-8-14-25(24(20-21)23-12-6-5-7-13-23)28-18-9-11-22(17-19-28)15-16-26(29)30-27(2,3)4/h5-8,10,12-14,20-22H,9,11,15-19H2,1-4H3. The van der Waals surface area contributed by atoms with Gasteiger partial charge in [0.25, 0.3) is 0 Å². The van der Waals surface area contributed by atoms with Crippen LogP contribution in [0.2, 0.25) is 0 Å². The Hall–Kier alpha value is -2.29. The van der Waals surface area contributed by atoms with Crippen LogP contribution in [0, 0.1) is 11.8 Å². The summed E-state index contributed by atoms with van der Waals surface area (Å²) < 4.78 is 5.49. The number of hydrogen-bond acceptors (Lipinski definition) is 3. The summed E-state index contributed by atoms with van der Waals surface area (Å²) in [7, 11) is 0. The predicted octanol–water partition coefficient (Wildman–Crippen LogP) is 6.38. The van der Waals surface area contributed by atoms with Gasteiger partial charge in [0.2, 0.25) is 0 Å². The number of esters is 1. The molecule has 0 amide bonds. The molecular formula is C27H37NO2. The van der Waals surface area contributed by atoms with Gasteiger partial charge in [0.15, 0.2) is 0 Å². The van der Waals surface area contributed by atoms with E-state index in [1.807, 2.05) is 20.8 Å². The maximum atomic E-state index is 12.1. The quantitative estimate of drug-likeness (QED) is 0.530. The Balaban J connectivity index is 1.65. The van der Waals surface area contributed by atoms with E-state index in [1.54, 1.807) is 0 Å². The normalized spacial score (nSPS) is 22.6. The summed E-state index contributed by atoms with van der Waals surface area (Å²) in [4.78, 5) is 14.7. The monoisotopic (exact) mass is 407 g/mol. The summed E-state index contributed by atoms with van der Waals surface area (Å²) >= 11 is 0. The number of benzene rings is 1. The van der Waals surface area contributed by atoms with Crippen molar-refractivity contribution in [2.45, 2.75) is 65.4 Å². The van der Waals surface area contributed by atoms with Gasteiger partial charge in [-0.25, -0.2) is 0 Å². The largest absolute Gasteiger partial charge is 0.460 e. The lowest BCUT2D eigenvalue weighted by Crippen LogP contribution is -2.25. The van der Waals surface area contributed by atoms with Crippen molar-refractivity contribution in [3.8, 4) is 0 Å². The van der Waals surface area contributed by atoms with Crippen molar-refractivity contribution in [3.05, 3.63) is 65.9 Å². The Morgan fingerprint density at radius 3 is 2.63 bits per heavy atom. The molecule has 1 aromatic carbocycles. The van der Waals surface area contributed by atoms with Gasteiger partial charge in [0, 0.05) is 30.8 Å². The number of likely N-dealkylation sites (tertiary alicyclic amines) is 1. The minimum absolute atomic E-state index is 0.0662. The average Bonchev–Trinajstić information content (AvgIpc) is 3.04. The molecule has 0 aromatic heterocycles. The van der Waals surface area contributed by atoms with Crippen LogP contribution in [0.4, 0.5) is 0 Å². The lowest BCUT2D eigenvalue weighted by Gasteiger charge is -2.28. The minimum atomic E-state index is -0.395. The second-order valence-corrected chi connectivity index (χ2v) is 9.65. The molecule has 162 valence electrons. The van der Waals surface area contributed by atoms with Crippen LogP contribution in [0.3, 0.4) is 0 Å². The van der Waals surface area contributed by atoms with Gasteiger partial charge < -0.3 is 9.64 Å². The molecule has 1 fully saturated rings. The van der Waals surface area contributed by atoms with E-state index in [4.69, 9.17) is 4.74 Å². The molecule has 3 nitrogen and oxygen atoms in total. The maximum Gasteiger partial charge on any atom is 0.306 e. The Kier molecular flexibility index (Phi) is 7.58. The van der Waals surface area contributed by atoms with Gasteiger partial charge in [-0.2, -0.15) is 0 Å². The molecule has 2 atom stereocenters. The zero-order chi connectivity index (χ0) is 21.6. The molecule has 3 heteroatoms. The highest BCUT2D eigenvalue weighted by Gasteiger charge is 2.23. The van der Waals surface area contributed by atoms with Crippen molar-refractivity contribution in [2.24, 2.45) is 11.8 Å². The predicted molar refractivity (Wildman–Crippen MR) is 125 cm³/mol. The lowest BCUT2D eigenvalue weighted by atomic mass is 9.95. The molecule has 0 saturated carbocycles. The van der Waals surface area contributed by atoms with Crippen LogP contribution in [0.1, 0.15) is 65.4 Å². The van der Waals surface area contributed by atoms with Gasteiger partial charge in [-0.05, 0) is 69.9 Å². The highest BCUT2D eigenvalue weighted by atomic mass is 16.6. The molecule has 0 bridgehead atoms. The molecule has 0 spiro atoms. The molecule has 1 aliphatic heterocycles. The van der Waals surface area contributed by atoms with Gasteiger partial charge in [0.05, 0.1) is 0 Å². The summed E-state index contributed by atoms with van der Waals surface area (Å²) in [6.45, 7) is 10.1. The van der Waals surface area contributed by atoms with Crippen LogP contribution < -0.4 is 0 Å². The number of carbonyl (C=O) groups excluding carboxylic acids is 1. The van der Waals surface area contributed by atoms with Crippen molar-refractivity contribution in [1.29, 1.82) is 0 Å². The van der Waals surface area contributed by atoms with E-state index in [2.05, 4.69) is 66.5 Å². The van der Waals surface area contributed by atoms with Crippen molar-refractivity contribution in [3.63, 3.8) is 0 Å². The Morgan fingerprint density at radius 1 is 1.13 bits per heavy atom. The SMILES string of the molecule is CC1C=CC=C(N2CCCC(CCC(=O)OC(C)(C)C)CC2)C(c2ccccc2)=C1. The van der Waals surface area contributed by atoms with Crippen LogP contribution in [-0.2, 0) is 9.53 Å². The molecule has 1 heterocycles. The smallest absolute Gasteiger partial charge is 0.306 e. The van der Waals surface area contributed by atoms with E-state index in [9.17, 15) is 4.79 Å². The number of hydrogen-bond donors (Lipinski definition) is 0. The fourth-order valence-corrected chi connectivity index (χ4v) is 4.36. The Bertz CT molecular complexity index is 798. The average molecular weight is 408 g/mol. The topological polar surface area (TPSA) is 29.5 Å². The van der Waals surface area contributed by atoms with Crippen molar-refractivity contribution in [1.82, 2.24) is 4.90 Å². The van der Waals surface area contributed by atoms with Crippen molar-refractivity contribution < 1.29 is 9.53 Å². The van der Waals surface area contributed by atoms with Gasteiger partial charge in [-0.3, -0.25) is 4.79 Å². The van der Waals surface area contributed by atoms with Crippen LogP contribution in [0.5, 0.6) is 0 Å². The van der Waals surface area contributed by atoms with E-state index in [-0.39, 0.29) is 5.97 Å². The van der Waals surface area contributed by atoms with Gasteiger partial charge in [-0.15, -0.1) is 0 Å². The summed E-state index contributed by atoms with van der Waals surface area (Å²) in [5.74, 6) is 0.943. The summed E-state index contributed by atoms with van der Waals surface area (Å²) in [5.41, 5.74) is 3.55. The highest BCUT2D eigenvalue weighted by molar-refractivity contribution is 5.79. The molecule has 0 N–H and O–H groups in total. The number of rotatable bonds is 5. The third-order valence-corrected chi connectivity index (χ3v) is 5.82. The molecule has 30 heavy (non-hydrogen) atoms. The van der Waals surface area contributed by atoms with Crippen molar-refractivity contribution in [2.75, 3.05) is 13.1 Å². The van der Waals surface area contributed by atoms with Crippen LogP contribution >= 0.6 is 0 Å². The Labute approximate surface area is 182 Å². The summed E-state index contributed by atoms with van der Waals surface area (Å²) in [6.07, 6.45) is 14.1. The van der Waals surface area contributed by atoms with E-state index in [0.717, 1.165) is 32.4 Å². The molecule has 0 radical (unpaired) electrons. The molecule has 1 aromatic rings. The third kappa shape index (κ3) is 6.62. The van der Waals surface area contributed by atoms with Crippen molar-refractivity contribution >= 4 is 11.5 Å². The molecule has 1 aliphatic carbocycles. The van der Waals surface area contributed by atoms with Gasteiger partial charge >= 0.3 is 5.97 Å². The number of carbonyl (C=O) groups is 1. The number of nitrogens with zero attached hydrogens (tertiary/aromatic N) is 1. The molecule has 1 saturated heterocycles. The van der Waals surface area contributed by atoms with E-state index in [0.29, 0.717) is 18.3 Å². The summed E-state index contributed by atoms with van der Waals surface area (Å²) in [6, 6.07) is 10.7. The van der Waals surface area contributed by atoms with Gasteiger partial charge in [0.1, 0.15) is 5.60 Å². The highest BCUT2D eigenvalue weighted by Crippen LogP contribution is 2.33. The number of ether oxygens (including phenoxy) is 1. The van der Waals surface area contributed by atoms with Crippen LogP contribution in [-0.4, -0.2) is 29.6 Å². The fourth-order valence-electron chi connectivity index (χ4n) is 4.36. The lowest BCUT2D eigenvalue weighted by molar-refractivity contribution is -0.155. The zero-order valence-electron chi connectivity index (χ0n) is 19.1. The van der Waals surface area contributed by atoms with Crippen LogP contribution in [0.15, 0.2) is 60.3 Å². The molecule has 2 aliphatic rings. The van der Waals surface area contributed by atoms with E-state index in [1.165, 1.54) is 23.3 Å². The maximum absolute atomic E-state index is 12.1. The Morgan fingerprint density at radius 2 is 1.90 bits per heavy atom. The van der Waals surface area contributed by atoms with Crippen LogP contribution in [0.25, 0.3) is 5.57 Å². The number of allylic oxidation sites excluding steroid dienone is 5. The molecule has 3 rings (SSSR count). The first kappa shape index (κ1) is 22.4. The second-order valence-electron chi connectivity index (χ2n) is 9.65. The van der Waals surface area contributed by atoms with E-state index >= 15 is 0 Å². The third-order valence-electron chi connectivity index (χ3n) is 5.82.